The Labute approximate surface area is 168 Å². The lowest BCUT2D eigenvalue weighted by Gasteiger charge is -2.38. The third-order valence-electron chi connectivity index (χ3n) is 6.73. The monoisotopic (exact) mass is 376 g/mol. The molecule has 2 aliphatic rings. The minimum absolute atomic E-state index is 0. The Kier molecular flexibility index (Phi) is 9.98. The fourth-order valence-electron chi connectivity index (χ4n) is 4.89. The molecule has 1 aromatic carbocycles. The first-order valence-corrected chi connectivity index (χ1v) is 12.7. The highest BCUT2D eigenvalue weighted by Gasteiger charge is 2.30. The van der Waals surface area contributed by atoms with Crippen LogP contribution in [0.15, 0.2) is 36.9 Å². The molecule has 0 aliphatic heterocycles. The van der Waals surface area contributed by atoms with Crippen LogP contribution in [0.3, 0.4) is 0 Å². The smallest absolute Gasteiger partial charge is 0 e. The third-order valence-corrected chi connectivity index (χ3v) is 7.44. The van der Waals surface area contributed by atoms with Gasteiger partial charge in [0.1, 0.15) is 0 Å². The molecule has 0 amide bonds. The van der Waals surface area contributed by atoms with Gasteiger partial charge in [-0.2, -0.15) is 0 Å². The van der Waals surface area contributed by atoms with E-state index in [0.29, 0.717) is 0 Å². The van der Waals surface area contributed by atoms with Crippen LogP contribution in [0, 0.1) is 24.7 Å². The topological polar surface area (TPSA) is 0 Å². The first-order valence-electron chi connectivity index (χ1n) is 11.0. The van der Waals surface area contributed by atoms with Gasteiger partial charge in [-0.25, -0.2) is 0 Å². The van der Waals surface area contributed by atoms with Crippen LogP contribution < -0.4 is 0 Å². The molecular weight excluding hydrogens is 331 g/mol. The molecule has 0 N–H and O–H groups in total. The summed E-state index contributed by atoms with van der Waals surface area (Å²) in [6.45, 7) is 10.5. The van der Waals surface area contributed by atoms with E-state index < -0.39 is 0 Å². The van der Waals surface area contributed by atoms with Gasteiger partial charge in [0.15, 0.2) is 0 Å². The molecule has 2 fully saturated rings. The molecule has 0 radical (unpaired) electrons. The van der Waals surface area contributed by atoms with Crippen LogP contribution in [-0.2, 0) is 0 Å². The van der Waals surface area contributed by atoms with Crippen LogP contribution in [0.4, 0.5) is 0 Å². The highest BCUT2D eigenvalue weighted by molar-refractivity contribution is 7.36. The van der Waals surface area contributed by atoms with Crippen LogP contribution in [0.25, 0.3) is 0 Å². The lowest BCUT2D eigenvalue weighted by molar-refractivity contribution is 0.160. The molecule has 0 heterocycles. The third kappa shape index (κ3) is 6.84. The number of hydrogen-bond acceptors (Lipinski definition) is 0. The zero-order valence-corrected chi connectivity index (χ0v) is 18.5. The van der Waals surface area contributed by atoms with Gasteiger partial charge in [-0.15, -0.1) is 15.2 Å². The van der Waals surface area contributed by atoms with Crippen molar-refractivity contribution >= 4 is 8.58 Å². The van der Waals surface area contributed by atoms with Crippen molar-refractivity contribution in [2.24, 2.45) is 17.8 Å². The van der Waals surface area contributed by atoms with E-state index in [1.54, 1.807) is 5.56 Å². The molecule has 0 aromatic heterocycles. The summed E-state index contributed by atoms with van der Waals surface area (Å²) < 4.78 is 0. The Morgan fingerprint density at radius 3 is 1.92 bits per heavy atom. The molecule has 0 bridgehead atoms. The van der Waals surface area contributed by atoms with Crippen LogP contribution in [0.1, 0.15) is 84.6 Å². The fourth-order valence-corrected chi connectivity index (χ4v) is 4.89. The first-order chi connectivity index (χ1) is 12.7. The van der Waals surface area contributed by atoms with Crippen LogP contribution >= 0.6 is 8.58 Å². The Hall–Kier alpha value is -0.610. The molecular formula is C25H45P. The number of rotatable bonds is 5. The molecule has 0 saturated heterocycles. The summed E-state index contributed by atoms with van der Waals surface area (Å²) in [7, 11) is 1.14. The molecule has 1 heteroatoms. The van der Waals surface area contributed by atoms with Gasteiger partial charge in [-0.1, -0.05) is 42.8 Å². The van der Waals surface area contributed by atoms with E-state index >= 15 is 0 Å². The van der Waals surface area contributed by atoms with Gasteiger partial charge in [-0.3, -0.25) is 0 Å². The van der Waals surface area contributed by atoms with Gasteiger partial charge < -0.3 is 0 Å². The summed E-state index contributed by atoms with van der Waals surface area (Å²) in [5.74, 6) is 3.82. The maximum absolute atomic E-state index is 3.91. The second-order valence-corrected chi connectivity index (χ2v) is 9.95. The Morgan fingerprint density at radius 2 is 1.46 bits per heavy atom. The fraction of sp³-hybridized carbons (Fsp3) is 0.680. The highest BCUT2D eigenvalue weighted by Crippen LogP contribution is 2.44. The summed E-state index contributed by atoms with van der Waals surface area (Å²) in [6, 6.07) is 9.28. The van der Waals surface area contributed by atoms with Gasteiger partial charge >= 0.3 is 0 Å². The lowest BCUT2D eigenvalue weighted by Crippen LogP contribution is -2.25. The summed E-state index contributed by atoms with van der Waals surface area (Å²) in [6.07, 6.45) is 16.4. The maximum atomic E-state index is 3.91. The molecule has 26 heavy (non-hydrogen) atoms. The average molecular weight is 377 g/mol. The standard InChI is InChI=1S/C22H32.C3H9P.2H2/c1-3-4-18-7-11-20(12-8-18)22-15-13-21(14-16-22)19-9-5-17(2)6-10-19;1-3-4-2;;/h3,5-6,9-10,18,20-22H,1,4,7-8,11-16H2,2H3;4H,3H2,1-2H3;2*1H. The van der Waals surface area contributed by atoms with E-state index in [9.17, 15) is 0 Å². The van der Waals surface area contributed by atoms with Crippen LogP contribution in [0.2, 0.25) is 0 Å². The van der Waals surface area contributed by atoms with E-state index in [2.05, 4.69) is 57.4 Å². The number of aryl methyl sites for hydroxylation is 1. The minimum Gasteiger partial charge on any atom is -0.126 e. The second kappa shape index (κ2) is 12.0. The van der Waals surface area contributed by atoms with E-state index in [1.807, 2.05) is 0 Å². The molecule has 0 spiro atoms. The van der Waals surface area contributed by atoms with Crippen LogP contribution in [0.5, 0.6) is 0 Å². The Bertz CT molecular complexity index is 496. The summed E-state index contributed by atoms with van der Waals surface area (Å²) in [5, 5.41) is 0. The van der Waals surface area contributed by atoms with E-state index in [4.69, 9.17) is 0 Å². The molecule has 150 valence electrons. The van der Waals surface area contributed by atoms with Crippen molar-refractivity contribution in [1.29, 1.82) is 0 Å². The summed E-state index contributed by atoms with van der Waals surface area (Å²) in [5.41, 5.74) is 2.97. The second-order valence-electron chi connectivity index (χ2n) is 8.53. The number of hydrogen-bond donors (Lipinski definition) is 0. The van der Waals surface area contributed by atoms with Crippen molar-refractivity contribution in [3.63, 3.8) is 0 Å². The maximum Gasteiger partial charge on any atom is 0 e. The zero-order valence-electron chi connectivity index (χ0n) is 17.5. The van der Waals surface area contributed by atoms with Crippen molar-refractivity contribution in [1.82, 2.24) is 0 Å². The lowest BCUT2D eigenvalue weighted by atomic mass is 9.68. The van der Waals surface area contributed by atoms with Gasteiger partial charge in [0.05, 0.1) is 0 Å². The molecule has 1 unspecified atom stereocenters. The van der Waals surface area contributed by atoms with E-state index in [1.165, 1.54) is 69.5 Å². The predicted molar refractivity (Wildman–Crippen MR) is 125 cm³/mol. The molecule has 2 saturated carbocycles. The van der Waals surface area contributed by atoms with Gasteiger partial charge in [0, 0.05) is 2.85 Å². The van der Waals surface area contributed by atoms with Crippen molar-refractivity contribution in [3.05, 3.63) is 48.0 Å². The predicted octanol–water partition coefficient (Wildman–Crippen LogP) is 8.46. The molecule has 2 aliphatic carbocycles. The molecule has 1 aromatic rings. The van der Waals surface area contributed by atoms with Gasteiger partial charge in [0.25, 0.3) is 0 Å². The molecule has 0 nitrogen and oxygen atoms in total. The zero-order chi connectivity index (χ0) is 18.8. The van der Waals surface area contributed by atoms with Crippen LogP contribution in [-0.4, -0.2) is 12.8 Å². The summed E-state index contributed by atoms with van der Waals surface area (Å²) >= 11 is 0. The van der Waals surface area contributed by atoms with Crippen molar-refractivity contribution < 1.29 is 2.85 Å². The largest absolute Gasteiger partial charge is 0.126 e. The van der Waals surface area contributed by atoms with Crippen molar-refractivity contribution in [3.8, 4) is 0 Å². The highest BCUT2D eigenvalue weighted by atomic mass is 31.1. The quantitative estimate of drug-likeness (QED) is 0.357. The van der Waals surface area contributed by atoms with E-state index in [-0.39, 0.29) is 2.85 Å². The van der Waals surface area contributed by atoms with Gasteiger partial charge in [-0.05, 0) is 107 Å². The van der Waals surface area contributed by atoms with Gasteiger partial charge in [0.2, 0.25) is 0 Å². The SMILES string of the molecule is C=CCC1CCC(C2CCC(c3ccc(C)cc3)CC2)CC1.CCPC.[HH].[HH]. The van der Waals surface area contributed by atoms with Crippen molar-refractivity contribution in [2.75, 3.05) is 12.8 Å². The first kappa shape index (κ1) is 21.7. The minimum atomic E-state index is 0. The average Bonchev–Trinajstić information content (AvgIpc) is 2.70. The normalized spacial score (nSPS) is 29.2. The number of benzene rings is 1. The van der Waals surface area contributed by atoms with E-state index in [0.717, 1.165) is 32.3 Å². The Morgan fingerprint density at radius 1 is 0.962 bits per heavy atom. The molecule has 3 rings (SSSR count). The van der Waals surface area contributed by atoms with Crippen molar-refractivity contribution in [2.45, 2.75) is 77.6 Å². The Balaban J connectivity index is 0.00000111. The molecule has 1 atom stereocenters. The number of allylic oxidation sites excluding steroid dienone is 1. The summed E-state index contributed by atoms with van der Waals surface area (Å²) in [4.78, 5) is 0.